The monoisotopic (exact) mass is 264 g/mol. The summed E-state index contributed by atoms with van der Waals surface area (Å²) in [5, 5.41) is 12.4. The summed E-state index contributed by atoms with van der Waals surface area (Å²) in [7, 11) is 0. The van der Waals surface area contributed by atoms with Crippen LogP contribution in [0.3, 0.4) is 0 Å². The van der Waals surface area contributed by atoms with E-state index in [1.165, 1.54) is 0 Å². The molecule has 0 aromatic heterocycles. The van der Waals surface area contributed by atoms with Gasteiger partial charge in [0.25, 0.3) is 0 Å². The number of rotatable bonds is 6. The third-order valence-electron chi connectivity index (χ3n) is 3.25. The predicted octanol–water partition coefficient (Wildman–Crippen LogP) is 0.562. The second-order valence-electron chi connectivity index (χ2n) is 4.67. The van der Waals surface area contributed by atoms with E-state index in [0.717, 1.165) is 31.9 Å². The minimum atomic E-state index is -0.808. The van der Waals surface area contributed by atoms with Crippen LogP contribution in [0.25, 0.3) is 0 Å². The normalized spacial score (nSPS) is 18.1. The van der Waals surface area contributed by atoms with Gasteiger partial charge in [0, 0.05) is 19.8 Å². The van der Waals surface area contributed by atoms with Gasteiger partial charge < -0.3 is 9.84 Å². The molecule has 1 heterocycles. The van der Waals surface area contributed by atoms with Gasteiger partial charge in [-0.3, -0.25) is 15.0 Å². The highest BCUT2D eigenvalue weighted by molar-refractivity contribution is 5.73. The van der Waals surface area contributed by atoms with Gasteiger partial charge in [-0.05, 0) is 12.0 Å². The lowest BCUT2D eigenvalue weighted by Crippen LogP contribution is -2.48. The van der Waals surface area contributed by atoms with Crippen LogP contribution < -0.4 is 5.32 Å². The number of carboxylic acid groups (broad SMARTS) is 1. The van der Waals surface area contributed by atoms with Crippen molar-refractivity contribution >= 4 is 5.97 Å². The maximum atomic E-state index is 11.3. The molecule has 2 rings (SSSR count). The Kier molecular flexibility index (Phi) is 5.32. The summed E-state index contributed by atoms with van der Waals surface area (Å²) in [6, 6.07) is 9.14. The molecule has 0 spiro atoms. The maximum absolute atomic E-state index is 11.3. The molecule has 1 unspecified atom stereocenters. The number of aliphatic carboxylic acids is 1. The highest BCUT2D eigenvalue weighted by Crippen LogP contribution is 2.04. The number of ether oxygens (including phenoxy) is 1. The van der Waals surface area contributed by atoms with Crippen LogP contribution in [0.2, 0.25) is 0 Å². The molecule has 1 aromatic carbocycles. The Morgan fingerprint density at radius 1 is 1.32 bits per heavy atom. The number of morpholine rings is 1. The average Bonchev–Trinajstić information content (AvgIpc) is 2.45. The minimum Gasteiger partial charge on any atom is -0.480 e. The highest BCUT2D eigenvalue weighted by Gasteiger charge is 2.19. The molecule has 1 fully saturated rings. The van der Waals surface area contributed by atoms with Crippen molar-refractivity contribution in [1.29, 1.82) is 0 Å². The molecule has 1 aromatic rings. The SMILES string of the molecule is O=C(O)C(Cc1ccccc1)NCN1CCOCC1. The zero-order valence-corrected chi connectivity index (χ0v) is 10.9. The van der Waals surface area contributed by atoms with Crippen molar-refractivity contribution < 1.29 is 14.6 Å². The Labute approximate surface area is 113 Å². The third-order valence-corrected chi connectivity index (χ3v) is 3.25. The molecule has 0 bridgehead atoms. The average molecular weight is 264 g/mol. The molecular formula is C14H20N2O3. The Hall–Kier alpha value is -1.43. The Balaban J connectivity index is 1.84. The first-order valence-electron chi connectivity index (χ1n) is 6.56. The van der Waals surface area contributed by atoms with Gasteiger partial charge in [0.1, 0.15) is 6.04 Å². The lowest BCUT2D eigenvalue weighted by molar-refractivity contribution is -0.139. The molecule has 0 amide bonds. The lowest BCUT2D eigenvalue weighted by Gasteiger charge is -2.28. The molecule has 104 valence electrons. The Morgan fingerprint density at radius 2 is 2.00 bits per heavy atom. The van der Waals surface area contributed by atoms with Crippen molar-refractivity contribution in [3.8, 4) is 0 Å². The van der Waals surface area contributed by atoms with E-state index in [1.54, 1.807) is 0 Å². The fraction of sp³-hybridized carbons (Fsp3) is 0.500. The molecule has 1 atom stereocenters. The van der Waals surface area contributed by atoms with Gasteiger partial charge in [-0.1, -0.05) is 30.3 Å². The van der Waals surface area contributed by atoms with Gasteiger partial charge in [-0.25, -0.2) is 0 Å². The van der Waals surface area contributed by atoms with E-state index in [0.29, 0.717) is 13.1 Å². The van der Waals surface area contributed by atoms with Gasteiger partial charge in [0.15, 0.2) is 0 Å². The number of carboxylic acids is 1. The lowest BCUT2D eigenvalue weighted by atomic mass is 10.1. The van der Waals surface area contributed by atoms with E-state index in [4.69, 9.17) is 4.74 Å². The molecule has 1 aliphatic heterocycles. The van der Waals surface area contributed by atoms with Crippen LogP contribution in [-0.4, -0.2) is 55.0 Å². The van der Waals surface area contributed by atoms with Crippen LogP contribution in [0.5, 0.6) is 0 Å². The van der Waals surface area contributed by atoms with Crippen molar-refractivity contribution in [2.24, 2.45) is 0 Å². The first-order chi connectivity index (χ1) is 9.25. The number of nitrogens with zero attached hydrogens (tertiary/aromatic N) is 1. The van der Waals surface area contributed by atoms with E-state index < -0.39 is 12.0 Å². The predicted molar refractivity (Wildman–Crippen MR) is 72.0 cm³/mol. The maximum Gasteiger partial charge on any atom is 0.321 e. The van der Waals surface area contributed by atoms with Crippen LogP contribution in [0, 0.1) is 0 Å². The largest absolute Gasteiger partial charge is 0.480 e. The summed E-state index contributed by atoms with van der Waals surface area (Å²) in [4.78, 5) is 13.4. The second-order valence-corrected chi connectivity index (χ2v) is 4.67. The molecule has 19 heavy (non-hydrogen) atoms. The molecule has 2 N–H and O–H groups in total. The van der Waals surface area contributed by atoms with E-state index >= 15 is 0 Å². The summed E-state index contributed by atoms with van der Waals surface area (Å²) in [6.45, 7) is 3.73. The van der Waals surface area contributed by atoms with E-state index in [1.807, 2.05) is 30.3 Å². The van der Waals surface area contributed by atoms with Crippen molar-refractivity contribution in [3.05, 3.63) is 35.9 Å². The summed E-state index contributed by atoms with van der Waals surface area (Å²) >= 11 is 0. The van der Waals surface area contributed by atoms with E-state index in [2.05, 4.69) is 10.2 Å². The molecule has 0 aliphatic carbocycles. The third kappa shape index (κ3) is 4.63. The van der Waals surface area contributed by atoms with Gasteiger partial charge in [-0.15, -0.1) is 0 Å². The van der Waals surface area contributed by atoms with E-state index in [-0.39, 0.29) is 0 Å². The van der Waals surface area contributed by atoms with Gasteiger partial charge >= 0.3 is 5.97 Å². The second kappa shape index (κ2) is 7.23. The van der Waals surface area contributed by atoms with Crippen molar-refractivity contribution in [1.82, 2.24) is 10.2 Å². The quantitative estimate of drug-likeness (QED) is 0.786. The zero-order valence-electron chi connectivity index (χ0n) is 10.9. The van der Waals surface area contributed by atoms with Gasteiger partial charge in [0.2, 0.25) is 0 Å². The summed E-state index contributed by atoms with van der Waals surface area (Å²) in [5.74, 6) is -0.808. The molecule has 0 saturated carbocycles. The van der Waals surface area contributed by atoms with Crippen LogP contribution >= 0.6 is 0 Å². The standard InChI is InChI=1S/C14H20N2O3/c17-14(18)13(10-12-4-2-1-3-5-12)15-11-16-6-8-19-9-7-16/h1-5,13,15H,6-11H2,(H,17,18). The fourth-order valence-corrected chi connectivity index (χ4v) is 2.10. The number of benzene rings is 1. The van der Waals surface area contributed by atoms with Crippen molar-refractivity contribution in [2.45, 2.75) is 12.5 Å². The number of carbonyl (C=O) groups is 1. The number of hydrogen-bond donors (Lipinski definition) is 2. The van der Waals surface area contributed by atoms with Crippen LogP contribution in [-0.2, 0) is 16.0 Å². The van der Waals surface area contributed by atoms with Crippen molar-refractivity contribution in [2.75, 3.05) is 33.0 Å². The number of nitrogens with one attached hydrogen (secondary N) is 1. The fourth-order valence-electron chi connectivity index (χ4n) is 2.10. The Bertz CT molecular complexity index is 391. The van der Waals surface area contributed by atoms with Crippen LogP contribution in [0.1, 0.15) is 5.56 Å². The smallest absolute Gasteiger partial charge is 0.321 e. The van der Waals surface area contributed by atoms with Crippen LogP contribution in [0.4, 0.5) is 0 Å². The van der Waals surface area contributed by atoms with Crippen molar-refractivity contribution in [3.63, 3.8) is 0 Å². The minimum absolute atomic E-state index is 0.501. The highest BCUT2D eigenvalue weighted by atomic mass is 16.5. The molecule has 0 radical (unpaired) electrons. The Morgan fingerprint density at radius 3 is 2.63 bits per heavy atom. The first-order valence-corrected chi connectivity index (χ1v) is 6.56. The summed E-state index contributed by atoms with van der Waals surface area (Å²) in [5.41, 5.74) is 1.03. The van der Waals surface area contributed by atoms with Gasteiger partial charge in [0.05, 0.1) is 13.2 Å². The zero-order chi connectivity index (χ0) is 13.5. The topological polar surface area (TPSA) is 61.8 Å². The van der Waals surface area contributed by atoms with Crippen LogP contribution in [0.15, 0.2) is 30.3 Å². The molecule has 5 nitrogen and oxygen atoms in total. The molecular weight excluding hydrogens is 244 g/mol. The number of hydrogen-bond acceptors (Lipinski definition) is 4. The summed E-state index contributed by atoms with van der Waals surface area (Å²) < 4.78 is 5.26. The molecule has 1 saturated heterocycles. The summed E-state index contributed by atoms with van der Waals surface area (Å²) in [6.07, 6.45) is 0.501. The van der Waals surface area contributed by atoms with E-state index in [9.17, 15) is 9.90 Å². The molecule has 1 aliphatic rings. The first kappa shape index (κ1) is 14.0. The molecule has 5 heteroatoms. The van der Waals surface area contributed by atoms with Gasteiger partial charge in [-0.2, -0.15) is 0 Å².